The van der Waals surface area contributed by atoms with Gasteiger partial charge in [-0.3, -0.25) is 0 Å². The van der Waals surface area contributed by atoms with Crippen molar-refractivity contribution in [1.82, 2.24) is 4.98 Å². The summed E-state index contributed by atoms with van der Waals surface area (Å²) >= 11 is 0. The minimum absolute atomic E-state index is 0.673. The number of aliphatic hydroxyl groups is 1. The Balaban J connectivity index is 1.87. The maximum atomic E-state index is 10.9. The van der Waals surface area contributed by atoms with E-state index in [0.29, 0.717) is 0 Å². The highest BCUT2D eigenvalue weighted by molar-refractivity contribution is 5.97. The van der Waals surface area contributed by atoms with E-state index in [1.165, 1.54) is 0 Å². The summed E-state index contributed by atoms with van der Waals surface area (Å²) in [5.41, 5.74) is 4.88. The Morgan fingerprint density at radius 3 is 2.44 bits per heavy atom. The Kier molecular flexibility index (Phi) is 4.00. The van der Waals surface area contributed by atoms with E-state index in [4.69, 9.17) is 4.74 Å². The zero-order valence-electron chi connectivity index (χ0n) is 13.9. The summed E-state index contributed by atoms with van der Waals surface area (Å²) in [6.07, 6.45) is 1.31. The van der Waals surface area contributed by atoms with Gasteiger partial charge in [-0.1, -0.05) is 54.6 Å². The molecule has 1 heterocycles. The quantitative estimate of drug-likeness (QED) is 0.558. The van der Waals surface area contributed by atoms with Crippen LogP contribution < -0.4 is 4.74 Å². The molecule has 1 atom stereocenters. The van der Waals surface area contributed by atoms with E-state index in [9.17, 15) is 5.11 Å². The first-order valence-corrected chi connectivity index (χ1v) is 8.25. The van der Waals surface area contributed by atoms with Gasteiger partial charge < -0.3 is 14.8 Å². The van der Waals surface area contributed by atoms with Crippen LogP contribution in [0.5, 0.6) is 5.75 Å². The van der Waals surface area contributed by atoms with Crippen LogP contribution in [0.25, 0.3) is 22.0 Å². The first kappa shape index (κ1) is 15.5. The number of rotatable bonds is 4. The van der Waals surface area contributed by atoms with Crippen LogP contribution in [0.4, 0.5) is 0 Å². The Bertz CT molecular complexity index is 1000. The van der Waals surface area contributed by atoms with E-state index in [1.807, 2.05) is 79.0 Å². The molecule has 0 amide bonds. The molecule has 3 nitrogen and oxygen atoms in total. The molecule has 0 aliphatic rings. The number of hydrogen-bond donors (Lipinski definition) is 2. The minimum Gasteiger partial charge on any atom is -0.497 e. The van der Waals surface area contributed by atoms with Crippen LogP contribution >= 0.6 is 0 Å². The Hall–Kier alpha value is -3.04. The lowest BCUT2D eigenvalue weighted by Gasteiger charge is -2.16. The highest BCUT2D eigenvalue weighted by atomic mass is 16.5. The standard InChI is InChI=1S/C22H19NO2/c1-25-16-11-12-21-19(13-16)20(14-23-21)17-9-5-6-10-18(17)22(24)15-7-3-2-4-8-15/h2-14,22-24H,1H3. The summed E-state index contributed by atoms with van der Waals surface area (Å²) in [4.78, 5) is 3.31. The molecule has 1 unspecified atom stereocenters. The van der Waals surface area contributed by atoms with Crippen molar-refractivity contribution in [3.63, 3.8) is 0 Å². The van der Waals surface area contributed by atoms with Crippen molar-refractivity contribution in [3.8, 4) is 16.9 Å². The highest BCUT2D eigenvalue weighted by Gasteiger charge is 2.17. The fourth-order valence-corrected chi connectivity index (χ4v) is 3.25. The van der Waals surface area contributed by atoms with Crippen LogP contribution in [-0.2, 0) is 0 Å². The van der Waals surface area contributed by atoms with E-state index < -0.39 is 6.10 Å². The molecule has 2 N–H and O–H groups in total. The van der Waals surface area contributed by atoms with Crippen molar-refractivity contribution in [2.45, 2.75) is 6.10 Å². The number of nitrogens with one attached hydrogen (secondary N) is 1. The predicted octanol–water partition coefficient (Wildman–Crippen LogP) is 4.93. The second-order valence-electron chi connectivity index (χ2n) is 6.01. The van der Waals surface area contributed by atoms with Gasteiger partial charge in [0.05, 0.1) is 7.11 Å². The molecular weight excluding hydrogens is 310 g/mol. The van der Waals surface area contributed by atoms with Gasteiger partial charge in [0.15, 0.2) is 0 Å². The van der Waals surface area contributed by atoms with Gasteiger partial charge in [-0.25, -0.2) is 0 Å². The van der Waals surface area contributed by atoms with Crippen LogP contribution in [-0.4, -0.2) is 17.2 Å². The topological polar surface area (TPSA) is 45.2 Å². The first-order chi connectivity index (χ1) is 12.3. The molecule has 0 aliphatic heterocycles. The first-order valence-electron chi connectivity index (χ1n) is 8.25. The summed E-state index contributed by atoms with van der Waals surface area (Å²) < 4.78 is 5.37. The molecule has 0 fully saturated rings. The molecule has 0 saturated carbocycles. The zero-order chi connectivity index (χ0) is 17.2. The van der Waals surface area contributed by atoms with Gasteiger partial charge in [-0.05, 0) is 34.9 Å². The molecule has 0 radical (unpaired) electrons. The highest BCUT2D eigenvalue weighted by Crippen LogP contribution is 2.36. The third-order valence-electron chi connectivity index (χ3n) is 4.55. The number of aromatic nitrogens is 1. The SMILES string of the molecule is COc1ccc2[nH]cc(-c3ccccc3C(O)c3ccccc3)c2c1. The lowest BCUT2D eigenvalue weighted by atomic mass is 9.92. The van der Waals surface area contributed by atoms with Gasteiger partial charge in [0.25, 0.3) is 0 Å². The van der Waals surface area contributed by atoms with Crippen molar-refractivity contribution in [2.24, 2.45) is 0 Å². The van der Waals surface area contributed by atoms with E-state index >= 15 is 0 Å². The maximum absolute atomic E-state index is 10.9. The van der Waals surface area contributed by atoms with Gasteiger partial charge in [-0.15, -0.1) is 0 Å². The Morgan fingerprint density at radius 2 is 1.64 bits per heavy atom. The maximum Gasteiger partial charge on any atom is 0.119 e. The largest absolute Gasteiger partial charge is 0.497 e. The van der Waals surface area contributed by atoms with Crippen molar-refractivity contribution in [1.29, 1.82) is 0 Å². The van der Waals surface area contributed by atoms with E-state index in [-0.39, 0.29) is 0 Å². The summed E-state index contributed by atoms with van der Waals surface area (Å²) in [5.74, 6) is 0.814. The zero-order valence-corrected chi connectivity index (χ0v) is 13.9. The predicted molar refractivity (Wildman–Crippen MR) is 101 cm³/mol. The third-order valence-corrected chi connectivity index (χ3v) is 4.55. The fraction of sp³-hybridized carbons (Fsp3) is 0.0909. The number of fused-ring (bicyclic) bond motifs is 1. The van der Waals surface area contributed by atoms with Gasteiger partial charge in [0.1, 0.15) is 11.9 Å². The molecule has 124 valence electrons. The van der Waals surface area contributed by atoms with Crippen molar-refractivity contribution < 1.29 is 9.84 Å². The van der Waals surface area contributed by atoms with Crippen LogP contribution in [0.3, 0.4) is 0 Å². The number of aliphatic hydroxyl groups excluding tert-OH is 1. The van der Waals surface area contributed by atoms with Crippen LogP contribution in [0, 0.1) is 0 Å². The monoisotopic (exact) mass is 329 g/mol. The number of hydrogen-bond acceptors (Lipinski definition) is 2. The normalized spacial score (nSPS) is 12.2. The smallest absolute Gasteiger partial charge is 0.119 e. The number of methoxy groups -OCH3 is 1. The van der Waals surface area contributed by atoms with Crippen molar-refractivity contribution in [2.75, 3.05) is 7.11 Å². The van der Waals surface area contributed by atoms with E-state index in [1.54, 1.807) is 7.11 Å². The van der Waals surface area contributed by atoms with Crippen LogP contribution in [0.2, 0.25) is 0 Å². The van der Waals surface area contributed by atoms with Gasteiger partial charge >= 0.3 is 0 Å². The average Bonchev–Trinajstić information content (AvgIpc) is 3.11. The minimum atomic E-state index is -0.673. The van der Waals surface area contributed by atoms with Crippen LogP contribution in [0.1, 0.15) is 17.2 Å². The number of ether oxygens (including phenoxy) is 1. The van der Waals surface area contributed by atoms with Crippen molar-refractivity contribution >= 4 is 10.9 Å². The number of benzene rings is 3. The van der Waals surface area contributed by atoms with Gasteiger partial charge in [0, 0.05) is 22.7 Å². The lowest BCUT2D eigenvalue weighted by Crippen LogP contribution is -2.01. The Labute approximate surface area is 146 Å². The molecule has 3 heteroatoms. The van der Waals surface area contributed by atoms with E-state index in [2.05, 4.69) is 4.98 Å². The third kappa shape index (κ3) is 2.79. The number of aromatic amines is 1. The molecule has 0 spiro atoms. The van der Waals surface area contributed by atoms with Gasteiger partial charge in [-0.2, -0.15) is 0 Å². The second kappa shape index (κ2) is 6.46. The molecule has 4 aromatic rings. The van der Waals surface area contributed by atoms with Crippen molar-refractivity contribution in [3.05, 3.63) is 90.1 Å². The lowest BCUT2D eigenvalue weighted by molar-refractivity contribution is 0.221. The molecule has 0 saturated heterocycles. The molecule has 4 rings (SSSR count). The average molecular weight is 329 g/mol. The fourth-order valence-electron chi connectivity index (χ4n) is 3.25. The molecular formula is C22H19NO2. The Morgan fingerprint density at radius 1 is 0.880 bits per heavy atom. The molecule has 25 heavy (non-hydrogen) atoms. The number of H-pyrrole nitrogens is 1. The second-order valence-corrected chi connectivity index (χ2v) is 6.01. The van der Waals surface area contributed by atoms with Crippen LogP contribution in [0.15, 0.2) is 79.0 Å². The summed E-state index contributed by atoms with van der Waals surface area (Å²) in [5, 5.41) is 12.0. The molecule has 1 aromatic heterocycles. The summed E-state index contributed by atoms with van der Waals surface area (Å²) in [6.45, 7) is 0. The summed E-state index contributed by atoms with van der Waals surface area (Å²) in [7, 11) is 1.67. The molecule has 0 bridgehead atoms. The van der Waals surface area contributed by atoms with Gasteiger partial charge in [0.2, 0.25) is 0 Å². The summed E-state index contributed by atoms with van der Waals surface area (Å²) in [6, 6.07) is 23.7. The molecule has 0 aliphatic carbocycles. The molecule has 3 aromatic carbocycles. The van der Waals surface area contributed by atoms with E-state index in [0.717, 1.165) is 38.9 Å².